The van der Waals surface area contributed by atoms with Gasteiger partial charge in [0.1, 0.15) is 22.6 Å². The van der Waals surface area contributed by atoms with Gasteiger partial charge in [-0.25, -0.2) is 24.0 Å². The second-order valence-corrected chi connectivity index (χ2v) is 9.56. The zero-order valence-corrected chi connectivity index (χ0v) is 20.5. The molecule has 9 nitrogen and oxygen atoms in total. The van der Waals surface area contributed by atoms with Crippen LogP contribution in [0.15, 0.2) is 30.6 Å². The molecule has 0 radical (unpaired) electrons. The molecule has 1 N–H and O–H groups in total. The highest BCUT2D eigenvalue weighted by Gasteiger charge is 2.27. The zero-order chi connectivity index (χ0) is 25.7. The first-order valence-corrected chi connectivity index (χ1v) is 11.1. The molecular formula is C25H27FN6O3. The van der Waals surface area contributed by atoms with Crippen molar-refractivity contribution in [3.05, 3.63) is 47.8 Å². The third-order valence-electron chi connectivity index (χ3n) is 5.42. The molecule has 10 heteroatoms. The normalized spacial score (nSPS) is 12.7. The fourth-order valence-electron chi connectivity index (χ4n) is 4.02. The van der Waals surface area contributed by atoms with Crippen LogP contribution in [0.25, 0.3) is 38.2 Å². The summed E-state index contributed by atoms with van der Waals surface area (Å²) >= 11 is 0. The molecule has 3 aromatic heterocycles. The Hall–Kier alpha value is -3.97. The number of carbonyl (C=O) groups excluding carboxylic acids is 1. The number of aromatic nitrogens is 4. The largest absolute Gasteiger partial charge is 0.443 e. The quantitative estimate of drug-likeness (QED) is 0.416. The number of hydrogen-bond donors (Lipinski definition) is 1. The first-order valence-electron chi connectivity index (χ1n) is 11.1. The lowest BCUT2D eigenvalue weighted by atomic mass is 10.1. The Morgan fingerprint density at radius 2 is 2.03 bits per heavy atom. The van der Waals surface area contributed by atoms with E-state index < -0.39 is 23.6 Å². The van der Waals surface area contributed by atoms with Crippen molar-refractivity contribution < 1.29 is 19.0 Å². The van der Waals surface area contributed by atoms with Gasteiger partial charge >= 0.3 is 6.09 Å². The lowest BCUT2D eigenvalue weighted by Gasteiger charge is -2.24. The molecule has 0 bridgehead atoms. The van der Waals surface area contributed by atoms with Crippen LogP contribution in [-0.2, 0) is 18.3 Å². The van der Waals surface area contributed by atoms with Crippen LogP contribution in [-0.4, -0.2) is 49.1 Å². The number of aliphatic hydroxyl groups is 1. The first-order chi connectivity index (χ1) is 16.4. The lowest BCUT2D eigenvalue weighted by Crippen LogP contribution is -2.34. The van der Waals surface area contributed by atoms with Crippen molar-refractivity contribution in [2.75, 3.05) is 11.9 Å². The van der Waals surface area contributed by atoms with Crippen LogP contribution in [0, 0.1) is 12.4 Å². The van der Waals surface area contributed by atoms with Crippen molar-refractivity contribution in [2.45, 2.75) is 45.9 Å². The maximum Gasteiger partial charge on any atom is 0.415 e. The van der Waals surface area contributed by atoms with E-state index >= 15 is 0 Å². The SMILES string of the molecule is [C-]#[N+]c1cc(F)cc(-c2cc3c4c(ncn4C)c(N(C)C(=O)OC(C)(C)C)nc3n2CC(C)O)c1. The van der Waals surface area contributed by atoms with Crippen molar-refractivity contribution in [3.8, 4) is 11.3 Å². The van der Waals surface area contributed by atoms with Gasteiger partial charge in [0.2, 0.25) is 0 Å². The number of carbonyl (C=O) groups is 1. The molecule has 0 saturated carbocycles. The molecule has 0 fully saturated rings. The summed E-state index contributed by atoms with van der Waals surface area (Å²) in [5, 5.41) is 11.0. The maximum atomic E-state index is 14.3. The standard InChI is InChI=1S/C25H27FN6O3/c1-14(33)12-32-19(15-8-16(26)10-17(9-15)27-5)11-18-21-20(28-13-30(21)6)23(29-22(18)32)31(7)24(34)35-25(2,3)4/h8-11,13-14,33H,12H2,1-4,6-7H3. The second kappa shape index (κ2) is 8.67. The van der Waals surface area contributed by atoms with Gasteiger partial charge in [0, 0.05) is 25.2 Å². The summed E-state index contributed by atoms with van der Waals surface area (Å²) in [4.78, 5) is 26.8. The molecule has 0 aliphatic carbocycles. The number of rotatable bonds is 4. The molecule has 1 amide bonds. The van der Waals surface area contributed by atoms with Crippen LogP contribution < -0.4 is 4.90 Å². The summed E-state index contributed by atoms with van der Waals surface area (Å²) < 4.78 is 23.4. The van der Waals surface area contributed by atoms with Gasteiger partial charge in [-0.15, -0.1) is 0 Å². The van der Waals surface area contributed by atoms with Gasteiger partial charge in [-0.05, 0) is 57.5 Å². The van der Waals surface area contributed by atoms with E-state index in [4.69, 9.17) is 16.3 Å². The van der Waals surface area contributed by atoms with E-state index in [2.05, 4.69) is 9.83 Å². The minimum Gasteiger partial charge on any atom is -0.443 e. The number of anilines is 1. The molecule has 1 atom stereocenters. The first kappa shape index (κ1) is 24.2. The number of aryl methyl sites for hydroxylation is 1. The summed E-state index contributed by atoms with van der Waals surface area (Å²) in [7, 11) is 3.39. The number of imidazole rings is 1. The number of aliphatic hydroxyl groups excluding tert-OH is 1. The van der Waals surface area contributed by atoms with Gasteiger partial charge < -0.3 is 19.0 Å². The number of nitrogens with zero attached hydrogens (tertiary/aromatic N) is 6. The molecule has 35 heavy (non-hydrogen) atoms. The Morgan fingerprint density at radius 1 is 1.31 bits per heavy atom. The zero-order valence-electron chi connectivity index (χ0n) is 20.5. The van der Waals surface area contributed by atoms with E-state index in [1.165, 1.54) is 17.0 Å². The highest BCUT2D eigenvalue weighted by molar-refractivity contribution is 6.10. The van der Waals surface area contributed by atoms with Crippen LogP contribution in [0.1, 0.15) is 27.7 Å². The second-order valence-electron chi connectivity index (χ2n) is 9.56. The molecule has 0 aliphatic heterocycles. The molecule has 1 aromatic carbocycles. The summed E-state index contributed by atoms with van der Waals surface area (Å²) in [5.74, 6) is -0.244. The highest BCUT2D eigenvalue weighted by atomic mass is 19.1. The van der Waals surface area contributed by atoms with Gasteiger partial charge in [-0.3, -0.25) is 4.90 Å². The van der Waals surface area contributed by atoms with Crippen molar-refractivity contribution in [3.63, 3.8) is 0 Å². The molecule has 1 unspecified atom stereocenters. The smallest absolute Gasteiger partial charge is 0.415 e. The van der Waals surface area contributed by atoms with Crippen LogP contribution in [0.3, 0.4) is 0 Å². The van der Waals surface area contributed by atoms with Crippen molar-refractivity contribution in [1.82, 2.24) is 19.1 Å². The van der Waals surface area contributed by atoms with Crippen LogP contribution in [0.5, 0.6) is 0 Å². The van der Waals surface area contributed by atoms with E-state index in [9.17, 15) is 14.3 Å². The number of ether oxygens (including phenoxy) is 1. The molecule has 182 valence electrons. The van der Waals surface area contributed by atoms with Gasteiger partial charge in [0.25, 0.3) is 0 Å². The van der Waals surface area contributed by atoms with Crippen LogP contribution in [0.2, 0.25) is 0 Å². The third kappa shape index (κ3) is 4.55. The van der Waals surface area contributed by atoms with Crippen LogP contribution in [0.4, 0.5) is 20.7 Å². The summed E-state index contributed by atoms with van der Waals surface area (Å²) in [6.45, 7) is 14.4. The number of amides is 1. The minimum absolute atomic E-state index is 0.161. The summed E-state index contributed by atoms with van der Waals surface area (Å²) in [5.41, 5.74) is 2.22. The Bertz CT molecular complexity index is 1490. The van der Waals surface area contributed by atoms with Crippen molar-refractivity contribution in [1.29, 1.82) is 0 Å². The fourth-order valence-corrected chi connectivity index (χ4v) is 4.02. The molecule has 0 aliphatic rings. The molecule has 0 saturated heterocycles. The summed E-state index contributed by atoms with van der Waals surface area (Å²) in [6.07, 6.45) is 0.301. The average molecular weight is 479 g/mol. The number of halogens is 1. The van der Waals surface area contributed by atoms with Gasteiger partial charge in [0.05, 0.1) is 31.1 Å². The number of pyridine rings is 1. The number of fused-ring (bicyclic) bond motifs is 3. The molecule has 4 rings (SSSR count). The van der Waals surface area contributed by atoms with E-state index in [1.807, 2.05) is 17.7 Å². The topological polar surface area (TPSA) is 89.8 Å². The van der Waals surface area contributed by atoms with Gasteiger partial charge in [-0.1, -0.05) is 0 Å². The molecular weight excluding hydrogens is 451 g/mol. The van der Waals surface area contributed by atoms with Gasteiger partial charge in [-0.2, -0.15) is 0 Å². The predicted molar refractivity (Wildman–Crippen MR) is 132 cm³/mol. The average Bonchev–Trinajstić information content (AvgIpc) is 3.31. The lowest BCUT2D eigenvalue weighted by molar-refractivity contribution is 0.0588. The number of hydrogen-bond acceptors (Lipinski definition) is 5. The molecule has 3 heterocycles. The maximum absolute atomic E-state index is 14.3. The van der Waals surface area contributed by atoms with E-state index in [-0.39, 0.29) is 12.2 Å². The molecule has 4 aromatic rings. The minimum atomic E-state index is -0.741. The third-order valence-corrected chi connectivity index (χ3v) is 5.42. The Balaban J connectivity index is 2.03. The van der Waals surface area contributed by atoms with Crippen molar-refractivity contribution in [2.24, 2.45) is 7.05 Å². The highest BCUT2D eigenvalue weighted by Crippen LogP contribution is 2.37. The van der Waals surface area contributed by atoms with E-state index in [0.29, 0.717) is 39.1 Å². The Morgan fingerprint density at radius 3 is 2.66 bits per heavy atom. The van der Waals surface area contributed by atoms with Crippen LogP contribution >= 0.6 is 0 Å². The van der Waals surface area contributed by atoms with E-state index in [1.54, 1.807) is 51.7 Å². The fraction of sp³-hybridized carbons (Fsp3) is 0.360. The number of benzene rings is 1. The molecule has 0 spiro atoms. The summed E-state index contributed by atoms with van der Waals surface area (Å²) in [6, 6.07) is 5.95. The van der Waals surface area contributed by atoms with Gasteiger partial charge in [0.15, 0.2) is 11.5 Å². The Kier molecular flexibility index (Phi) is 5.99. The van der Waals surface area contributed by atoms with Crippen molar-refractivity contribution >= 4 is 39.7 Å². The monoisotopic (exact) mass is 478 g/mol. The predicted octanol–water partition coefficient (Wildman–Crippen LogP) is 5.03. The Labute approximate surface area is 202 Å². The van der Waals surface area contributed by atoms with E-state index in [0.717, 1.165) is 0 Å².